The number of hydrogen-bond acceptors (Lipinski definition) is 3. The Hall–Kier alpha value is -1.11. The summed E-state index contributed by atoms with van der Waals surface area (Å²) in [6.07, 6.45) is -3.72. The lowest BCUT2D eigenvalue weighted by Gasteiger charge is -2.16. The van der Waals surface area contributed by atoms with Gasteiger partial charge < -0.3 is 5.32 Å². The first-order valence-corrected chi connectivity index (χ1v) is 4.60. The summed E-state index contributed by atoms with van der Waals surface area (Å²) in [5.74, 6) is -3.86. The van der Waals surface area contributed by atoms with Crippen LogP contribution in [0.4, 0.5) is 23.4 Å². The van der Waals surface area contributed by atoms with Crippen molar-refractivity contribution in [2.45, 2.75) is 19.3 Å². The van der Waals surface area contributed by atoms with Crippen LogP contribution in [0.3, 0.4) is 0 Å². The van der Waals surface area contributed by atoms with Gasteiger partial charge in [0.2, 0.25) is 0 Å². The molecule has 0 aliphatic carbocycles. The van der Waals surface area contributed by atoms with Crippen LogP contribution in [-0.2, 0) is 0 Å². The number of aryl methyl sites for hydroxylation is 1. The minimum Gasteiger partial charge on any atom is -0.364 e. The van der Waals surface area contributed by atoms with Gasteiger partial charge in [0.15, 0.2) is 0 Å². The molecule has 3 nitrogen and oxygen atoms in total. The van der Waals surface area contributed by atoms with E-state index in [9.17, 15) is 17.6 Å². The Labute approximate surface area is 93.8 Å². The summed E-state index contributed by atoms with van der Waals surface area (Å²) in [7, 11) is 0. The van der Waals surface area contributed by atoms with Gasteiger partial charge in [-0.25, -0.2) is 18.7 Å². The van der Waals surface area contributed by atoms with E-state index >= 15 is 0 Å². The maximum atomic E-state index is 12.5. The number of anilines is 1. The average Bonchev–Trinajstić information content (AvgIpc) is 2.13. The van der Waals surface area contributed by atoms with Crippen molar-refractivity contribution in [1.82, 2.24) is 9.97 Å². The molecule has 0 unspecified atom stereocenters. The molecule has 0 saturated heterocycles. The van der Waals surface area contributed by atoms with Crippen LogP contribution in [0, 0.1) is 6.92 Å². The van der Waals surface area contributed by atoms with E-state index in [1.807, 2.05) is 0 Å². The van der Waals surface area contributed by atoms with E-state index in [2.05, 4.69) is 15.3 Å². The molecule has 0 radical (unpaired) electrons. The third kappa shape index (κ3) is 3.48. The summed E-state index contributed by atoms with van der Waals surface area (Å²) < 4.78 is 48.7. The lowest BCUT2D eigenvalue weighted by Crippen LogP contribution is -2.35. The lowest BCUT2D eigenvalue weighted by molar-refractivity contribution is -0.117. The standard InChI is InChI=1S/C8H8ClF4N3/c1-4-15-5(9)2-6(16-4)14-3-8(12,13)7(10)11/h2,7H,3H2,1H3,(H,14,15,16). The Kier molecular flexibility index (Phi) is 3.90. The van der Waals surface area contributed by atoms with Crippen LogP contribution in [-0.4, -0.2) is 28.9 Å². The van der Waals surface area contributed by atoms with Crippen LogP contribution in [0.25, 0.3) is 0 Å². The van der Waals surface area contributed by atoms with Crippen LogP contribution in [0.5, 0.6) is 0 Å². The first kappa shape index (κ1) is 13.0. The fourth-order valence-corrected chi connectivity index (χ4v) is 1.13. The van der Waals surface area contributed by atoms with Crippen LogP contribution < -0.4 is 5.32 Å². The first-order valence-electron chi connectivity index (χ1n) is 4.22. The Morgan fingerprint density at radius 2 is 2.06 bits per heavy atom. The number of rotatable bonds is 4. The van der Waals surface area contributed by atoms with Crippen molar-refractivity contribution < 1.29 is 17.6 Å². The van der Waals surface area contributed by atoms with Gasteiger partial charge in [-0.1, -0.05) is 11.6 Å². The molecule has 8 heteroatoms. The highest BCUT2D eigenvalue weighted by molar-refractivity contribution is 6.29. The predicted octanol–water partition coefficient (Wildman–Crippen LogP) is 2.75. The molecule has 90 valence electrons. The number of hydrogen-bond donors (Lipinski definition) is 1. The number of alkyl halides is 4. The number of aromatic nitrogens is 2. The number of nitrogens with zero attached hydrogens (tertiary/aromatic N) is 2. The van der Waals surface area contributed by atoms with E-state index in [0.29, 0.717) is 0 Å². The summed E-state index contributed by atoms with van der Waals surface area (Å²) in [5.41, 5.74) is 0. The van der Waals surface area contributed by atoms with Crippen molar-refractivity contribution in [2.24, 2.45) is 0 Å². The Morgan fingerprint density at radius 1 is 1.44 bits per heavy atom. The van der Waals surface area contributed by atoms with Crippen LogP contribution in [0.15, 0.2) is 6.07 Å². The first-order chi connectivity index (χ1) is 7.31. The van der Waals surface area contributed by atoms with E-state index in [-0.39, 0.29) is 16.8 Å². The largest absolute Gasteiger partial charge is 0.364 e. The normalized spacial score (nSPS) is 11.9. The molecule has 0 saturated carbocycles. The van der Waals surface area contributed by atoms with Crippen LogP contribution in [0.2, 0.25) is 5.15 Å². The second-order valence-corrected chi connectivity index (χ2v) is 3.43. The van der Waals surface area contributed by atoms with Crippen LogP contribution >= 0.6 is 11.6 Å². The summed E-state index contributed by atoms with van der Waals surface area (Å²) in [5, 5.41) is 2.13. The Balaban J connectivity index is 2.68. The summed E-state index contributed by atoms with van der Waals surface area (Å²) in [6, 6.07) is 1.18. The molecule has 0 aromatic carbocycles. The summed E-state index contributed by atoms with van der Waals surface area (Å²) >= 11 is 5.54. The third-order valence-corrected chi connectivity index (χ3v) is 1.82. The second-order valence-electron chi connectivity index (χ2n) is 3.04. The van der Waals surface area contributed by atoms with Gasteiger partial charge in [0, 0.05) is 6.07 Å². The van der Waals surface area contributed by atoms with Gasteiger partial charge in [0.25, 0.3) is 0 Å². The molecule has 1 heterocycles. The average molecular weight is 258 g/mol. The van der Waals surface area contributed by atoms with Gasteiger partial charge in [-0.3, -0.25) is 0 Å². The molecular formula is C8H8ClF4N3. The van der Waals surface area contributed by atoms with Gasteiger partial charge in [0.1, 0.15) is 16.8 Å². The molecule has 0 aliphatic heterocycles. The smallest absolute Gasteiger partial charge is 0.324 e. The van der Waals surface area contributed by atoms with Crippen molar-refractivity contribution in [3.63, 3.8) is 0 Å². The minimum absolute atomic E-state index is 0.0159. The fourth-order valence-electron chi connectivity index (χ4n) is 0.907. The van der Waals surface area contributed by atoms with E-state index in [1.165, 1.54) is 13.0 Å². The van der Waals surface area contributed by atoms with Crippen LogP contribution in [0.1, 0.15) is 5.82 Å². The van der Waals surface area contributed by atoms with Crippen molar-refractivity contribution >= 4 is 17.4 Å². The fraction of sp³-hybridized carbons (Fsp3) is 0.500. The topological polar surface area (TPSA) is 37.8 Å². The van der Waals surface area contributed by atoms with E-state index < -0.39 is 18.9 Å². The summed E-state index contributed by atoms with van der Waals surface area (Å²) in [4.78, 5) is 7.40. The van der Waals surface area contributed by atoms with E-state index in [1.54, 1.807) is 0 Å². The van der Waals surface area contributed by atoms with Crippen molar-refractivity contribution in [1.29, 1.82) is 0 Å². The molecule has 0 fully saturated rings. The Bertz CT molecular complexity index is 352. The highest BCUT2D eigenvalue weighted by atomic mass is 35.5. The van der Waals surface area contributed by atoms with Crippen molar-refractivity contribution in [2.75, 3.05) is 11.9 Å². The molecule has 1 aromatic rings. The minimum atomic E-state index is -4.11. The molecule has 0 atom stereocenters. The molecule has 0 amide bonds. The van der Waals surface area contributed by atoms with Crippen molar-refractivity contribution in [3.8, 4) is 0 Å². The monoisotopic (exact) mass is 257 g/mol. The quantitative estimate of drug-likeness (QED) is 0.666. The molecule has 1 N–H and O–H groups in total. The zero-order valence-electron chi connectivity index (χ0n) is 8.15. The van der Waals surface area contributed by atoms with Gasteiger partial charge >= 0.3 is 12.3 Å². The summed E-state index contributed by atoms with van der Waals surface area (Å²) in [6.45, 7) is 0.291. The van der Waals surface area contributed by atoms with Gasteiger partial charge in [-0.15, -0.1) is 0 Å². The van der Waals surface area contributed by atoms with E-state index in [4.69, 9.17) is 11.6 Å². The molecule has 0 spiro atoms. The molecule has 0 bridgehead atoms. The maximum absolute atomic E-state index is 12.5. The van der Waals surface area contributed by atoms with Gasteiger partial charge in [-0.2, -0.15) is 8.78 Å². The number of nitrogens with one attached hydrogen (secondary N) is 1. The predicted molar refractivity (Wildman–Crippen MR) is 51.2 cm³/mol. The highest BCUT2D eigenvalue weighted by Gasteiger charge is 2.40. The molecule has 1 aromatic heterocycles. The third-order valence-electron chi connectivity index (χ3n) is 1.63. The van der Waals surface area contributed by atoms with Gasteiger partial charge in [-0.05, 0) is 6.92 Å². The molecular weight excluding hydrogens is 250 g/mol. The van der Waals surface area contributed by atoms with E-state index in [0.717, 1.165) is 0 Å². The van der Waals surface area contributed by atoms with Gasteiger partial charge in [0.05, 0.1) is 6.54 Å². The second kappa shape index (κ2) is 4.82. The SMILES string of the molecule is Cc1nc(Cl)cc(NCC(F)(F)C(F)F)n1. The number of halogens is 5. The lowest BCUT2D eigenvalue weighted by atomic mass is 10.3. The molecule has 1 rings (SSSR count). The zero-order chi connectivity index (χ0) is 12.3. The molecule has 16 heavy (non-hydrogen) atoms. The maximum Gasteiger partial charge on any atom is 0.324 e. The zero-order valence-corrected chi connectivity index (χ0v) is 8.90. The Morgan fingerprint density at radius 3 is 2.56 bits per heavy atom. The highest BCUT2D eigenvalue weighted by Crippen LogP contribution is 2.23. The molecule has 0 aliphatic rings. The van der Waals surface area contributed by atoms with Crippen molar-refractivity contribution in [3.05, 3.63) is 17.0 Å².